The summed E-state index contributed by atoms with van der Waals surface area (Å²) in [4.78, 5) is 0. The first-order valence-electron chi connectivity index (χ1n) is 5.57. The third kappa shape index (κ3) is 3.32. The highest BCUT2D eigenvalue weighted by Gasteiger charge is 1.95. The fourth-order valence-corrected chi connectivity index (χ4v) is 1.71. The van der Waals surface area contributed by atoms with Gasteiger partial charge in [0, 0.05) is 6.08 Å². The third-order valence-corrected chi connectivity index (χ3v) is 2.58. The van der Waals surface area contributed by atoms with Crippen molar-refractivity contribution in [2.24, 2.45) is 0 Å². The van der Waals surface area contributed by atoms with Crippen LogP contribution >= 0.6 is 0 Å². The molecule has 0 atom stereocenters. The quantitative estimate of drug-likeness (QED) is 0.720. The Bertz CT molecular complexity index is 530. The Morgan fingerprint density at radius 3 is 2.18 bits per heavy atom. The summed E-state index contributed by atoms with van der Waals surface area (Å²) in [5.41, 5.74) is 3.65. The van der Waals surface area contributed by atoms with E-state index >= 15 is 0 Å². The van der Waals surface area contributed by atoms with Gasteiger partial charge in [-0.05, 0) is 29.2 Å². The molecule has 0 unspecified atom stereocenters. The van der Waals surface area contributed by atoms with E-state index in [4.69, 9.17) is 5.26 Å². The summed E-state index contributed by atoms with van der Waals surface area (Å²) < 4.78 is 0. The summed E-state index contributed by atoms with van der Waals surface area (Å²) in [7, 11) is 0. The number of hydrogen-bond donors (Lipinski definition) is 0. The van der Waals surface area contributed by atoms with Crippen molar-refractivity contribution in [1.82, 2.24) is 0 Å². The molecule has 1 heteroatoms. The van der Waals surface area contributed by atoms with Crippen LogP contribution in [0.2, 0.25) is 0 Å². The van der Waals surface area contributed by atoms with E-state index in [1.807, 2.05) is 30.3 Å². The lowest BCUT2D eigenvalue weighted by Gasteiger charge is -2.02. The zero-order chi connectivity index (χ0) is 11.9. The van der Waals surface area contributed by atoms with Crippen molar-refractivity contribution in [1.29, 1.82) is 5.26 Å². The average molecular weight is 219 g/mol. The highest BCUT2D eigenvalue weighted by molar-refractivity contribution is 5.52. The van der Waals surface area contributed by atoms with Crippen molar-refractivity contribution < 1.29 is 0 Å². The maximum Gasteiger partial charge on any atom is 0.0912 e. The Balaban J connectivity index is 2.09. The van der Waals surface area contributed by atoms with Gasteiger partial charge < -0.3 is 0 Å². The molecular formula is C16H13N. The molecule has 0 amide bonds. The maximum atomic E-state index is 8.44. The zero-order valence-electron chi connectivity index (χ0n) is 9.51. The van der Waals surface area contributed by atoms with Crippen LogP contribution in [-0.4, -0.2) is 0 Å². The lowest BCUT2D eigenvalue weighted by Crippen LogP contribution is -1.87. The zero-order valence-corrected chi connectivity index (χ0v) is 9.51. The largest absolute Gasteiger partial charge is 0.193 e. The summed E-state index contributed by atoms with van der Waals surface area (Å²) >= 11 is 0. The van der Waals surface area contributed by atoms with E-state index in [2.05, 4.69) is 36.4 Å². The number of benzene rings is 2. The number of allylic oxidation sites excluding steroid dienone is 1. The molecule has 0 aromatic heterocycles. The van der Waals surface area contributed by atoms with Gasteiger partial charge in [0.1, 0.15) is 0 Å². The Morgan fingerprint density at radius 1 is 0.882 bits per heavy atom. The summed E-state index contributed by atoms with van der Waals surface area (Å²) in [6, 6.07) is 20.7. The molecule has 2 rings (SSSR count). The van der Waals surface area contributed by atoms with Crippen molar-refractivity contribution in [3.8, 4) is 6.07 Å². The van der Waals surface area contributed by atoms with E-state index < -0.39 is 0 Å². The predicted molar refractivity (Wildman–Crippen MR) is 70.3 cm³/mol. The van der Waals surface area contributed by atoms with E-state index in [0.717, 1.165) is 12.0 Å². The topological polar surface area (TPSA) is 23.8 Å². The van der Waals surface area contributed by atoms with E-state index in [9.17, 15) is 0 Å². The highest BCUT2D eigenvalue weighted by Crippen LogP contribution is 2.11. The minimum Gasteiger partial charge on any atom is -0.193 e. The first-order valence-corrected chi connectivity index (χ1v) is 5.57. The second-order valence-corrected chi connectivity index (χ2v) is 3.87. The molecule has 0 fully saturated rings. The van der Waals surface area contributed by atoms with Gasteiger partial charge in [0.25, 0.3) is 0 Å². The van der Waals surface area contributed by atoms with E-state index in [-0.39, 0.29) is 0 Å². The number of nitriles is 1. The summed E-state index contributed by atoms with van der Waals surface area (Å²) in [5.74, 6) is 0. The molecule has 0 aliphatic rings. The van der Waals surface area contributed by atoms with Crippen molar-refractivity contribution in [2.45, 2.75) is 6.42 Å². The van der Waals surface area contributed by atoms with Crippen molar-refractivity contribution in [3.63, 3.8) is 0 Å². The van der Waals surface area contributed by atoms with Gasteiger partial charge in [0.05, 0.1) is 6.07 Å². The molecule has 0 spiro atoms. The smallest absolute Gasteiger partial charge is 0.0912 e. The normalized spacial score (nSPS) is 10.3. The van der Waals surface area contributed by atoms with Gasteiger partial charge in [-0.2, -0.15) is 5.26 Å². The van der Waals surface area contributed by atoms with Crippen LogP contribution in [-0.2, 0) is 6.42 Å². The average Bonchev–Trinajstić information content (AvgIpc) is 2.39. The first-order chi connectivity index (χ1) is 8.38. The minimum absolute atomic E-state index is 0.948. The second kappa shape index (κ2) is 5.67. The molecular weight excluding hydrogens is 206 g/mol. The molecule has 0 bridgehead atoms. The monoisotopic (exact) mass is 219 g/mol. The molecule has 1 nitrogen and oxygen atoms in total. The maximum absolute atomic E-state index is 8.44. The molecule has 0 saturated carbocycles. The highest BCUT2D eigenvalue weighted by atomic mass is 14.2. The van der Waals surface area contributed by atoms with Gasteiger partial charge in [-0.1, -0.05) is 54.6 Å². The van der Waals surface area contributed by atoms with Gasteiger partial charge in [-0.25, -0.2) is 0 Å². The van der Waals surface area contributed by atoms with Crippen LogP contribution < -0.4 is 0 Å². The van der Waals surface area contributed by atoms with Crippen LogP contribution in [0.5, 0.6) is 0 Å². The molecule has 0 saturated heterocycles. The van der Waals surface area contributed by atoms with Crippen LogP contribution in [0.15, 0.2) is 60.7 Å². The molecule has 0 radical (unpaired) electrons. The van der Waals surface area contributed by atoms with Crippen LogP contribution in [0.1, 0.15) is 16.7 Å². The number of rotatable bonds is 3. The molecule has 17 heavy (non-hydrogen) atoms. The number of nitrogens with zero attached hydrogens (tertiary/aromatic N) is 1. The molecule has 82 valence electrons. The first kappa shape index (κ1) is 11.2. The molecule has 2 aromatic carbocycles. The Labute approximate surface area is 102 Å². The number of hydrogen-bond acceptors (Lipinski definition) is 1. The van der Waals surface area contributed by atoms with Gasteiger partial charge >= 0.3 is 0 Å². The molecule has 0 aliphatic carbocycles. The van der Waals surface area contributed by atoms with Crippen molar-refractivity contribution in [3.05, 3.63) is 77.4 Å². The molecule has 0 heterocycles. The minimum atomic E-state index is 0.948. The van der Waals surface area contributed by atoms with E-state index in [0.29, 0.717) is 0 Å². The van der Waals surface area contributed by atoms with Gasteiger partial charge in [0.15, 0.2) is 0 Å². The summed E-state index contributed by atoms with van der Waals surface area (Å²) in [5, 5.41) is 8.44. The van der Waals surface area contributed by atoms with E-state index in [1.54, 1.807) is 0 Å². The fourth-order valence-electron chi connectivity index (χ4n) is 1.71. The summed E-state index contributed by atoms with van der Waals surface area (Å²) in [6.07, 6.45) is 4.25. The van der Waals surface area contributed by atoms with E-state index in [1.165, 1.54) is 17.2 Å². The Hall–Kier alpha value is -2.33. The third-order valence-electron chi connectivity index (χ3n) is 2.58. The lowest BCUT2D eigenvalue weighted by molar-refractivity contribution is 1.19. The van der Waals surface area contributed by atoms with Gasteiger partial charge in [-0.3, -0.25) is 0 Å². The fraction of sp³-hybridized carbons (Fsp3) is 0.0625. The molecule has 0 aliphatic heterocycles. The van der Waals surface area contributed by atoms with Crippen LogP contribution in [0.4, 0.5) is 0 Å². The van der Waals surface area contributed by atoms with Gasteiger partial charge in [-0.15, -0.1) is 0 Å². The second-order valence-electron chi connectivity index (χ2n) is 3.87. The molecule has 0 N–H and O–H groups in total. The standard InChI is InChI=1S/C16H13N/c17-12-4-7-14-8-10-16(11-9-14)13-15-5-2-1-3-6-15/h1-11H,13H2. The lowest BCUT2D eigenvalue weighted by atomic mass is 10.0. The van der Waals surface area contributed by atoms with Crippen LogP contribution in [0.3, 0.4) is 0 Å². The Kier molecular flexibility index (Phi) is 3.72. The molecule has 2 aromatic rings. The van der Waals surface area contributed by atoms with Gasteiger partial charge in [0.2, 0.25) is 0 Å². The van der Waals surface area contributed by atoms with Crippen LogP contribution in [0, 0.1) is 11.3 Å². The van der Waals surface area contributed by atoms with Crippen LogP contribution in [0.25, 0.3) is 6.08 Å². The predicted octanol–water partition coefficient (Wildman–Crippen LogP) is 3.81. The Morgan fingerprint density at radius 2 is 1.53 bits per heavy atom. The SMILES string of the molecule is N#CC=Cc1ccc(Cc2ccccc2)cc1. The van der Waals surface area contributed by atoms with Crippen molar-refractivity contribution in [2.75, 3.05) is 0 Å². The van der Waals surface area contributed by atoms with Crippen molar-refractivity contribution >= 4 is 6.08 Å². The summed E-state index contributed by atoms with van der Waals surface area (Å²) in [6.45, 7) is 0.